The molecule has 0 spiro atoms. The Morgan fingerprint density at radius 2 is 1.63 bits per heavy atom. The lowest BCUT2D eigenvalue weighted by Crippen LogP contribution is -2.28. The minimum absolute atomic E-state index is 0.0615. The van der Waals surface area contributed by atoms with Crippen LogP contribution in [-0.2, 0) is 17.7 Å². The van der Waals surface area contributed by atoms with E-state index in [-0.39, 0.29) is 11.5 Å². The molecular formula is C23H25NO3. The SMILES string of the molecule is CCCCCc1c(C(=O)OC)c2ccccc2c(=O)n1Cc1ccccc1. The second-order valence-corrected chi connectivity index (χ2v) is 6.69. The topological polar surface area (TPSA) is 48.3 Å². The summed E-state index contributed by atoms with van der Waals surface area (Å²) in [5.41, 5.74) is 2.25. The molecular weight excluding hydrogens is 338 g/mol. The molecule has 0 atom stereocenters. The van der Waals surface area contributed by atoms with Crippen molar-refractivity contribution in [3.8, 4) is 0 Å². The van der Waals surface area contributed by atoms with Gasteiger partial charge in [0, 0.05) is 16.5 Å². The number of benzene rings is 2. The average molecular weight is 363 g/mol. The molecule has 0 N–H and O–H groups in total. The molecule has 4 nitrogen and oxygen atoms in total. The highest BCUT2D eigenvalue weighted by molar-refractivity contribution is 6.05. The van der Waals surface area contributed by atoms with Crippen LogP contribution < -0.4 is 5.56 Å². The number of methoxy groups -OCH3 is 1. The Hall–Kier alpha value is -2.88. The summed E-state index contributed by atoms with van der Waals surface area (Å²) in [6.45, 7) is 2.58. The third-order valence-corrected chi connectivity index (χ3v) is 4.88. The lowest BCUT2D eigenvalue weighted by Gasteiger charge is -2.19. The molecule has 1 heterocycles. The molecule has 0 aliphatic heterocycles. The highest BCUT2D eigenvalue weighted by atomic mass is 16.5. The van der Waals surface area contributed by atoms with E-state index in [9.17, 15) is 9.59 Å². The number of pyridine rings is 1. The summed E-state index contributed by atoms with van der Waals surface area (Å²) in [6, 6.07) is 17.2. The lowest BCUT2D eigenvalue weighted by molar-refractivity contribution is 0.0600. The zero-order chi connectivity index (χ0) is 19.2. The number of esters is 1. The van der Waals surface area contributed by atoms with Crippen molar-refractivity contribution in [2.45, 2.75) is 39.2 Å². The number of ether oxygens (including phenoxy) is 1. The highest BCUT2D eigenvalue weighted by Crippen LogP contribution is 2.23. The Morgan fingerprint density at radius 3 is 2.30 bits per heavy atom. The first-order valence-corrected chi connectivity index (χ1v) is 9.44. The third-order valence-electron chi connectivity index (χ3n) is 4.88. The van der Waals surface area contributed by atoms with Crippen molar-refractivity contribution in [3.63, 3.8) is 0 Å². The summed E-state index contributed by atoms with van der Waals surface area (Å²) in [5, 5.41) is 1.22. The maximum absolute atomic E-state index is 13.3. The van der Waals surface area contributed by atoms with Crippen LogP contribution in [0.1, 0.15) is 47.8 Å². The molecule has 0 unspecified atom stereocenters. The molecule has 0 saturated heterocycles. The summed E-state index contributed by atoms with van der Waals surface area (Å²) in [5.74, 6) is -0.389. The summed E-state index contributed by atoms with van der Waals surface area (Å²) < 4.78 is 6.83. The number of nitrogens with zero attached hydrogens (tertiary/aromatic N) is 1. The number of unbranched alkanes of at least 4 members (excludes halogenated alkanes) is 2. The standard InChI is InChI=1S/C23H25NO3/c1-3-4-6-15-20-21(23(26)27-2)18-13-9-10-14-19(18)22(25)24(20)16-17-11-7-5-8-12-17/h5,7-14H,3-4,6,15-16H2,1-2H3. The largest absolute Gasteiger partial charge is 0.465 e. The van der Waals surface area contributed by atoms with Crippen LogP contribution in [0.25, 0.3) is 10.8 Å². The summed E-state index contributed by atoms with van der Waals surface area (Å²) >= 11 is 0. The van der Waals surface area contributed by atoms with E-state index in [1.807, 2.05) is 48.5 Å². The van der Waals surface area contributed by atoms with Crippen molar-refractivity contribution < 1.29 is 9.53 Å². The molecule has 0 radical (unpaired) electrons. The van der Waals surface area contributed by atoms with Crippen LogP contribution in [0.3, 0.4) is 0 Å². The minimum atomic E-state index is -0.389. The summed E-state index contributed by atoms with van der Waals surface area (Å²) in [7, 11) is 1.39. The fraction of sp³-hybridized carbons (Fsp3) is 0.304. The number of hydrogen-bond donors (Lipinski definition) is 0. The Bertz CT molecular complexity index is 990. The maximum atomic E-state index is 13.3. The van der Waals surface area contributed by atoms with Crippen molar-refractivity contribution in [3.05, 3.63) is 81.8 Å². The van der Waals surface area contributed by atoms with Crippen LogP contribution in [0.15, 0.2) is 59.4 Å². The number of hydrogen-bond acceptors (Lipinski definition) is 3. The molecule has 0 fully saturated rings. The van der Waals surface area contributed by atoms with E-state index < -0.39 is 0 Å². The third kappa shape index (κ3) is 3.95. The first kappa shape index (κ1) is 18.9. The second-order valence-electron chi connectivity index (χ2n) is 6.69. The molecule has 27 heavy (non-hydrogen) atoms. The van der Waals surface area contributed by atoms with E-state index in [2.05, 4.69) is 6.92 Å². The van der Waals surface area contributed by atoms with Gasteiger partial charge in [0.05, 0.1) is 19.2 Å². The number of carbonyl (C=O) groups excluding carboxylic acids is 1. The quantitative estimate of drug-likeness (QED) is 0.456. The van der Waals surface area contributed by atoms with Gasteiger partial charge < -0.3 is 9.30 Å². The number of carbonyl (C=O) groups is 1. The van der Waals surface area contributed by atoms with Gasteiger partial charge in [0.2, 0.25) is 0 Å². The number of fused-ring (bicyclic) bond motifs is 1. The van der Waals surface area contributed by atoms with Crippen molar-refractivity contribution in [1.29, 1.82) is 0 Å². The first-order valence-electron chi connectivity index (χ1n) is 9.44. The van der Waals surface area contributed by atoms with Gasteiger partial charge in [0.25, 0.3) is 5.56 Å². The zero-order valence-corrected chi connectivity index (χ0v) is 15.9. The molecule has 140 valence electrons. The smallest absolute Gasteiger partial charge is 0.340 e. The van der Waals surface area contributed by atoms with Gasteiger partial charge in [-0.3, -0.25) is 4.79 Å². The lowest BCUT2D eigenvalue weighted by atomic mass is 9.99. The van der Waals surface area contributed by atoms with Crippen LogP contribution in [-0.4, -0.2) is 17.6 Å². The van der Waals surface area contributed by atoms with Crippen molar-refractivity contribution in [2.24, 2.45) is 0 Å². The van der Waals surface area contributed by atoms with E-state index in [1.165, 1.54) is 7.11 Å². The first-order chi connectivity index (χ1) is 13.2. The van der Waals surface area contributed by atoms with Gasteiger partial charge in [-0.25, -0.2) is 4.79 Å². The van der Waals surface area contributed by atoms with Gasteiger partial charge in [0.15, 0.2) is 0 Å². The molecule has 0 saturated carbocycles. The van der Waals surface area contributed by atoms with Gasteiger partial charge in [-0.05, 0) is 24.5 Å². The molecule has 0 amide bonds. The normalized spacial score (nSPS) is 10.9. The summed E-state index contributed by atoms with van der Waals surface area (Å²) in [4.78, 5) is 25.9. The molecule has 4 heteroatoms. The highest BCUT2D eigenvalue weighted by Gasteiger charge is 2.22. The van der Waals surface area contributed by atoms with E-state index >= 15 is 0 Å². The fourth-order valence-electron chi connectivity index (χ4n) is 3.51. The predicted octanol–water partition coefficient (Wildman–Crippen LogP) is 4.57. The van der Waals surface area contributed by atoms with Crippen LogP contribution in [0.4, 0.5) is 0 Å². The predicted molar refractivity (Wildman–Crippen MR) is 108 cm³/mol. The molecule has 0 bridgehead atoms. The van der Waals surface area contributed by atoms with E-state index in [4.69, 9.17) is 4.74 Å². The van der Waals surface area contributed by atoms with Gasteiger partial charge >= 0.3 is 5.97 Å². The Labute approximate surface area is 159 Å². The van der Waals surface area contributed by atoms with Crippen LogP contribution in [0.5, 0.6) is 0 Å². The molecule has 3 rings (SSSR count). The van der Waals surface area contributed by atoms with E-state index in [0.717, 1.165) is 30.5 Å². The van der Waals surface area contributed by atoms with Gasteiger partial charge in [0.1, 0.15) is 0 Å². The Kier molecular flexibility index (Phi) is 6.07. The van der Waals surface area contributed by atoms with E-state index in [1.54, 1.807) is 10.6 Å². The van der Waals surface area contributed by atoms with Crippen molar-refractivity contribution >= 4 is 16.7 Å². The van der Waals surface area contributed by atoms with Crippen molar-refractivity contribution in [2.75, 3.05) is 7.11 Å². The Balaban J connectivity index is 2.26. The minimum Gasteiger partial charge on any atom is -0.465 e. The molecule has 3 aromatic rings. The summed E-state index contributed by atoms with van der Waals surface area (Å²) in [6.07, 6.45) is 3.72. The maximum Gasteiger partial charge on any atom is 0.340 e. The van der Waals surface area contributed by atoms with Crippen molar-refractivity contribution in [1.82, 2.24) is 4.57 Å². The van der Waals surface area contributed by atoms with Crippen LogP contribution >= 0.6 is 0 Å². The second kappa shape index (κ2) is 8.67. The molecule has 0 aliphatic rings. The average Bonchev–Trinajstić information content (AvgIpc) is 2.71. The van der Waals surface area contributed by atoms with Gasteiger partial charge in [-0.15, -0.1) is 0 Å². The van der Waals surface area contributed by atoms with E-state index in [0.29, 0.717) is 29.3 Å². The van der Waals surface area contributed by atoms with Gasteiger partial charge in [-0.2, -0.15) is 0 Å². The van der Waals surface area contributed by atoms with Gasteiger partial charge in [-0.1, -0.05) is 68.3 Å². The number of rotatable bonds is 7. The molecule has 0 aliphatic carbocycles. The van der Waals surface area contributed by atoms with Crippen LogP contribution in [0.2, 0.25) is 0 Å². The fourth-order valence-corrected chi connectivity index (χ4v) is 3.51. The monoisotopic (exact) mass is 363 g/mol. The Morgan fingerprint density at radius 1 is 0.963 bits per heavy atom. The molecule has 2 aromatic carbocycles. The van der Waals surface area contributed by atoms with Crippen LogP contribution in [0, 0.1) is 0 Å². The number of aromatic nitrogens is 1. The molecule has 1 aromatic heterocycles. The zero-order valence-electron chi connectivity index (χ0n) is 15.9.